The lowest BCUT2D eigenvalue weighted by Gasteiger charge is -2.40. The molecule has 1 spiro atoms. The van der Waals surface area contributed by atoms with Gasteiger partial charge in [0.2, 0.25) is 0 Å². The van der Waals surface area contributed by atoms with Gasteiger partial charge in [0.05, 0.1) is 17.2 Å². The van der Waals surface area contributed by atoms with Crippen LogP contribution < -0.4 is 10.1 Å². The average Bonchev–Trinajstić information content (AvgIpc) is 3.65. The standard InChI is InChI=1S/C59H40N2O/c1-3-17-39(18-4-1)41-21-14-25-45(36-41)55-38-54(40-19-5-2-6-20-40)60-58(61-55)46-26-15-23-43(37-46)42-22-13-24-44(35-42)47-29-16-33-53-57(47)62-56-34-12-11-32-52(56)59(53)50-30-9-7-27-48(50)49-28-8-10-31-51(49)59/h1-38,54H,(H,60,61). The number of benzene rings is 9. The Bertz CT molecular complexity index is 3210. The maximum Gasteiger partial charge on any atom is 0.140 e. The molecule has 2 heterocycles. The molecule has 292 valence electrons. The zero-order valence-electron chi connectivity index (χ0n) is 33.9. The molecule has 2 aliphatic heterocycles. The SMILES string of the molecule is C1=C(c2cccc(-c3ccccc3)c2)N=C(c2cccc(-c3cccc(-c4cccc5c4Oc4ccccc4C54c5ccccc5-c5ccccc54)c3)c2)NC1c1ccccc1. The molecule has 3 heteroatoms. The quantitative estimate of drug-likeness (QED) is 0.182. The maximum atomic E-state index is 7.02. The van der Waals surface area contributed by atoms with Crippen molar-refractivity contribution in [3.05, 3.63) is 269 Å². The van der Waals surface area contributed by atoms with Crippen LogP contribution in [0.15, 0.2) is 236 Å². The second kappa shape index (κ2) is 14.6. The van der Waals surface area contributed by atoms with Gasteiger partial charge in [0.15, 0.2) is 0 Å². The van der Waals surface area contributed by atoms with Gasteiger partial charge in [-0.25, -0.2) is 4.99 Å². The van der Waals surface area contributed by atoms with Gasteiger partial charge in [-0.1, -0.05) is 200 Å². The normalized spacial score (nSPS) is 15.2. The van der Waals surface area contributed by atoms with E-state index in [2.05, 4.69) is 236 Å². The number of rotatable bonds is 6. The fourth-order valence-corrected chi connectivity index (χ4v) is 9.99. The van der Waals surface area contributed by atoms with Crippen molar-refractivity contribution < 1.29 is 4.74 Å². The van der Waals surface area contributed by atoms with E-state index < -0.39 is 5.41 Å². The van der Waals surface area contributed by atoms with Crippen molar-refractivity contribution in [2.45, 2.75) is 11.5 Å². The summed E-state index contributed by atoms with van der Waals surface area (Å²) in [5.74, 6) is 2.62. The average molecular weight is 793 g/mol. The first-order valence-corrected chi connectivity index (χ1v) is 21.3. The first kappa shape index (κ1) is 35.9. The number of amidine groups is 1. The third-order valence-electron chi connectivity index (χ3n) is 12.8. The van der Waals surface area contributed by atoms with Crippen molar-refractivity contribution >= 4 is 11.5 Å². The van der Waals surface area contributed by atoms with E-state index in [1.165, 1.54) is 44.5 Å². The molecule has 1 aliphatic carbocycles. The Hall–Kier alpha value is -8.01. The third kappa shape index (κ3) is 5.78. The van der Waals surface area contributed by atoms with E-state index >= 15 is 0 Å². The lowest BCUT2D eigenvalue weighted by atomic mass is 9.65. The molecule has 9 aromatic carbocycles. The molecule has 0 saturated heterocycles. The first-order chi connectivity index (χ1) is 30.7. The van der Waals surface area contributed by atoms with E-state index in [1.807, 2.05) is 0 Å². The molecule has 3 nitrogen and oxygen atoms in total. The Balaban J connectivity index is 0.948. The topological polar surface area (TPSA) is 33.6 Å². The summed E-state index contributed by atoms with van der Waals surface area (Å²) >= 11 is 0. The Morgan fingerprint density at radius 3 is 1.60 bits per heavy atom. The van der Waals surface area contributed by atoms with Crippen LogP contribution in [0, 0.1) is 0 Å². The number of hydrogen-bond acceptors (Lipinski definition) is 3. The minimum absolute atomic E-state index is 0.0532. The van der Waals surface area contributed by atoms with Gasteiger partial charge in [-0.15, -0.1) is 0 Å². The molecule has 0 saturated carbocycles. The summed E-state index contributed by atoms with van der Waals surface area (Å²) in [4.78, 5) is 5.32. The number of fused-ring (bicyclic) bond motifs is 9. The number of hydrogen-bond donors (Lipinski definition) is 1. The maximum absolute atomic E-state index is 7.02. The van der Waals surface area contributed by atoms with Crippen LogP contribution in [0.3, 0.4) is 0 Å². The van der Waals surface area contributed by atoms with Crippen LogP contribution in [0.1, 0.15) is 45.0 Å². The van der Waals surface area contributed by atoms with E-state index in [-0.39, 0.29) is 6.04 Å². The lowest BCUT2D eigenvalue weighted by molar-refractivity contribution is 0.438. The highest BCUT2D eigenvalue weighted by molar-refractivity contribution is 6.04. The van der Waals surface area contributed by atoms with Gasteiger partial charge < -0.3 is 10.1 Å². The van der Waals surface area contributed by atoms with E-state index in [1.54, 1.807) is 0 Å². The number of nitrogens with zero attached hydrogens (tertiary/aromatic N) is 1. The number of ether oxygens (including phenoxy) is 1. The zero-order valence-corrected chi connectivity index (χ0v) is 33.9. The highest BCUT2D eigenvalue weighted by atomic mass is 16.5. The van der Waals surface area contributed by atoms with Gasteiger partial charge in [0, 0.05) is 27.8 Å². The van der Waals surface area contributed by atoms with Crippen LogP contribution >= 0.6 is 0 Å². The Labute approximate surface area is 362 Å². The second-order valence-electron chi connectivity index (χ2n) is 16.3. The Morgan fingerprint density at radius 1 is 0.387 bits per heavy atom. The van der Waals surface area contributed by atoms with Gasteiger partial charge in [0.1, 0.15) is 17.3 Å². The highest BCUT2D eigenvalue weighted by Gasteiger charge is 2.51. The van der Waals surface area contributed by atoms with Gasteiger partial charge in [-0.2, -0.15) is 0 Å². The van der Waals surface area contributed by atoms with E-state index in [0.717, 1.165) is 62.0 Å². The van der Waals surface area contributed by atoms with Crippen molar-refractivity contribution in [2.75, 3.05) is 0 Å². The molecule has 0 fully saturated rings. The highest BCUT2D eigenvalue weighted by Crippen LogP contribution is 2.63. The van der Waals surface area contributed by atoms with Crippen LogP contribution in [0.25, 0.3) is 50.2 Å². The van der Waals surface area contributed by atoms with Crippen LogP contribution in [0.5, 0.6) is 11.5 Å². The molecular weight excluding hydrogens is 753 g/mol. The van der Waals surface area contributed by atoms with Crippen LogP contribution in [-0.2, 0) is 5.41 Å². The Morgan fingerprint density at radius 2 is 0.871 bits per heavy atom. The summed E-state index contributed by atoms with van der Waals surface area (Å²) in [5, 5.41) is 3.79. The summed E-state index contributed by atoms with van der Waals surface area (Å²) in [5.41, 5.74) is 17.9. The van der Waals surface area contributed by atoms with E-state index in [4.69, 9.17) is 9.73 Å². The zero-order chi connectivity index (χ0) is 41.0. The van der Waals surface area contributed by atoms with Crippen LogP contribution in [0.4, 0.5) is 0 Å². The van der Waals surface area contributed by atoms with Crippen LogP contribution in [0.2, 0.25) is 0 Å². The van der Waals surface area contributed by atoms with Gasteiger partial charge >= 0.3 is 0 Å². The van der Waals surface area contributed by atoms with Crippen molar-refractivity contribution in [1.82, 2.24) is 5.32 Å². The second-order valence-corrected chi connectivity index (χ2v) is 16.3. The molecule has 0 radical (unpaired) electrons. The first-order valence-electron chi connectivity index (χ1n) is 21.3. The molecule has 0 amide bonds. The predicted molar refractivity (Wildman–Crippen MR) is 253 cm³/mol. The molecule has 3 aliphatic rings. The minimum Gasteiger partial charge on any atom is -0.456 e. The fraction of sp³-hybridized carbons (Fsp3) is 0.0339. The van der Waals surface area contributed by atoms with Gasteiger partial charge in [-0.3, -0.25) is 0 Å². The summed E-state index contributed by atoms with van der Waals surface area (Å²) < 4.78 is 7.02. The summed E-state index contributed by atoms with van der Waals surface area (Å²) in [7, 11) is 0. The monoisotopic (exact) mass is 792 g/mol. The Kier molecular flexibility index (Phi) is 8.46. The van der Waals surface area contributed by atoms with Crippen molar-refractivity contribution in [3.8, 4) is 56.0 Å². The molecule has 0 bridgehead atoms. The number of nitrogens with one attached hydrogen (secondary N) is 1. The molecule has 62 heavy (non-hydrogen) atoms. The van der Waals surface area contributed by atoms with Crippen LogP contribution in [-0.4, -0.2) is 5.84 Å². The molecule has 1 unspecified atom stereocenters. The molecule has 12 rings (SSSR count). The molecule has 1 N–H and O–H groups in total. The van der Waals surface area contributed by atoms with Crippen molar-refractivity contribution in [1.29, 1.82) is 0 Å². The number of aliphatic imine (C=N–C) groups is 1. The van der Waals surface area contributed by atoms with E-state index in [9.17, 15) is 0 Å². The van der Waals surface area contributed by atoms with Crippen molar-refractivity contribution in [2.24, 2.45) is 4.99 Å². The van der Waals surface area contributed by atoms with E-state index in [0.29, 0.717) is 0 Å². The largest absolute Gasteiger partial charge is 0.456 e. The fourth-order valence-electron chi connectivity index (χ4n) is 9.99. The number of para-hydroxylation sites is 2. The molecule has 1 atom stereocenters. The predicted octanol–water partition coefficient (Wildman–Crippen LogP) is 14.3. The summed E-state index contributed by atoms with van der Waals surface area (Å²) in [6, 6.07) is 80.4. The molecule has 9 aromatic rings. The lowest BCUT2D eigenvalue weighted by Crippen LogP contribution is -2.32. The molecular formula is C59H40N2O. The van der Waals surface area contributed by atoms with Gasteiger partial charge in [0.25, 0.3) is 0 Å². The minimum atomic E-state index is -0.513. The third-order valence-corrected chi connectivity index (χ3v) is 12.8. The van der Waals surface area contributed by atoms with Crippen molar-refractivity contribution in [3.63, 3.8) is 0 Å². The summed E-state index contributed by atoms with van der Waals surface area (Å²) in [6.45, 7) is 0. The molecule has 0 aromatic heterocycles. The smallest absolute Gasteiger partial charge is 0.140 e. The van der Waals surface area contributed by atoms with Gasteiger partial charge in [-0.05, 0) is 86.0 Å². The summed E-state index contributed by atoms with van der Waals surface area (Å²) in [6.07, 6.45) is 2.24.